The minimum atomic E-state index is -1.95. The van der Waals surface area contributed by atoms with E-state index in [0.717, 1.165) is 0 Å². The third kappa shape index (κ3) is 7.16. The van der Waals surface area contributed by atoms with Crippen molar-refractivity contribution in [2.24, 2.45) is 5.92 Å². The number of hydrogen-bond donors (Lipinski definition) is 1. The van der Waals surface area contributed by atoms with Crippen LogP contribution in [0, 0.1) is 16.0 Å². The van der Waals surface area contributed by atoms with Gasteiger partial charge in [0.25, 0.3) is 0 Å². The summed E-state index contributed by atoms with van der Waals surface area (Å²) in [6, 6.07) is 1.43. The van der Waals surface area contributed by atoms with Gasteiger partial charge in [0.2, 0.25) is 0 Å². The highest BCUT2D eigenvalue weighted by atomic mass is 28.4. The second-order valence-corrected chi connectivity index (χ2v) is 15.9. The van der Waals surface area contributed by atoms with Crippen LogP contribution in [0.3, 0.4) is 0 Å². The van der Waals surface area contributed by atoms with Crippen molar-refractivity contribution in [3.8, 4) is 0 Å². The number of ether oxygens (including phenoxy) is 1. The molecule has 1 aromatic rings. The number of nitrogens with zero attached hydrogens (tertiary/aromatic N) is 3. The molecule has 0 bridgehead atoms. The van der Waals surface area contributed by atoms with Gasteiger partial charge in [-0.15, -0.1) is 0 Å². The van der Waals surface area contributed by atoms with Crippen LogP contribution >= 0.6 is 0 Å². The predicted molar refractivity (Wildman–Crippen MR) is 128 cm³/mol. The van der Waals surface area contributed by atoms with Crippen molar-refractivity contribution >= 4 is 25.8 Å². The summed E-state index contributed by atoms with van der Waals surface area (Å²) in [5, 5.41) is 14.6. The Morgan fingerprint density at radius 2 is 1.94 bits per heavy atom. The van der Waals surface area contributed by atoms with Gasteiger partial charge in [-0.25, -0.2) is 4.79 Å². The summed E-state index contributed by atoms with van der Waals surface area (Å²) >= 11 is 0. The van der Waals surface area contributed by atoms with E-state index in [0.29, 0.717) is 31.8 Å². The number of alkyl carbamates (subject to hydrolysis) is 1. The largest absolute Gasteiger partial charge is 0.444 e. The number of anilines is 1. The van der Waals surface area contributed by atoms with Gasteiger partial charge in [0.05, 0.1) is 11.0 Å². The summed E-state index contributed by atoms with van der Waals surface area (Å²) in [7, 11) is -1.95. The van der Waals surface area contributed by atoms with Crippen LogP contribution in [0.15, 0.2) is 18.5 Å². The molecular formula is C22H38N4O5Si. The Kier molecular flexibility index (Phi) is 7.93. The highest BCUT2D eigenvalue weighted by Gasteiger charge is 2.39. The molecule has 9 nitrogen and oxygen atoms in total. The van der Waals surface area contributed by atoms with Crippen LogP contribution in [0.5, 0.6) is 0 Å². The van der Waals surface area contributed by atoms with Crippen LogP contribution in [0.1, 0.15) is 48.0 Å². The lowest BCUT2D eigenvalue weighted by Gasteiger charge is -2.42. The molecule has 32 heavy (non-hydrogen) atoms. The zero-order valence-corrected chi connectivity index (χ0v) is 21.6. The van der Waals surface area contributed by atoms with Gasteiger partial charge in [0.15, 0.2) is 8.32 Å². The fourth-order valence-corrected chi connectivity index (χ4v) is 4.51. The maximum Gasteiger partial charge on any atom is 0.407 e. The molecule has 10 heteroatoms. The number of aromatic nitrogens is 1. The molecule has 2 heterocycles. The van der Waals surface area contributed by atoms with Crippen LogP contribution in [0.2, 0.25) is 18.1 Å². The van der Waals surface area contributed by atoms with Gasteiger partial charge in [0.1, 0.15) is 17.5 Å². The Labute approximate surface area is 192 Å². The normalized spacial score (nSPS) is 20.1. The first-order valence-electron chi connectivity index (χ1n) is 11.1. The Balaban J connectivity index is 2.23. The molecule has 2 atom stereocenters. The van der Waals surface area contributed by atoms with Gasteiger partial charge in [-0.05, 0) is 51.4 Å². The number of amides is 1. The number of rotatable bonds is 6. The summed E-state index contributed by atoms with van der Waals surface area (Å²) in [6.45, 7) is 18.0. The number of nitro groups is 1. The van der Waals surface area contributed by atoms with Gasteiger partial charge in [-0.1, -0.05) is 20.8 Å². The van der Waals surface area contributed by atoms with Crippen molar-refractivity contribution in [2.75, 3.05) is 24.6 Å². The van der Waals surface area contributed by atoms with Crippen molar-refractivity contribution in [1.29, 1.82) is 0 Å². The van der Waals surface area contributed by atoms with Crippen molar-refractivity contribution in [3.63, 3.8) is 0 Å². The number of hydrogen-bond acceptors (Lipinski definition) is 7. The fourth-order valence-electron chi connectivity index (χ4n) is 3.43. The maximum atomic E-state index is 12.4. The lowest BCUT2D eigenvalue weighted by molar-refractivity contribution is -0.384. The van der Waals surface area contributed by atoms with E-state index in [9.17, 15) is 14.9 Å². The highest BCUT2D eigenvalue weighted by molar-refractivity contribution is 6.74. The maximum absolute atomic E-state index is 12.4. The number of carbonyl (C=O) groups excluding carboxylic acids is 1. The molecule has 0 radical (unpaired) electrons. The van der Waals surface area contributed by atoms with Crippen LogP contribution < -0.4 is 10.2 Å². The third-order valence-corrected chi connectivity index (χ3v) is 10.6. The van der Waals surface area contributed by atoms with Crippen LogP contribution in [-0.4, -0.2) is 55.7 Å². The zero-order chi connectivity index (χ0) is 24.3. The van der Waals surface area contributed by atoms with Gasteiger partial charge in [-0.3, -0.25) is 15.1 Å². The second-order valence-electron chi connectivity index (χ2n) is 11.0. The van der Waals surface area contributed by atoms with E-state index in [1.165, 1.54) is 6.20 Å². The van der Waals surface area contributed by atoms with E-state index >= 15 is 0 Å². The van der Waals surface area contributed by atoms with E-state index in [1.54, 1.807) is 12.3 Å². The molecule has 0 spiro atoms. The third-order valence-electron chi connectivity index (χ3n) is 6.06. The molecule has 1 fully saturated rings. The molecule has 1 aliphatic heterocycles. The molecule has 0 saturated carbocycles. The molecule has 2 rings (SSSR count). The van der Waals surface area contributed by atoms with Gasteiger partial charge in [-0.2, -0.15) is 0 Å². The smallest absolute Gasteiger partial charge is 0.407 e. The van der Waals surface area contributed by atoms with E-state index < -0.39 is 24.9 Å². The minimum Gasteiger partial charge on any atom is -0.444 e. The molecule has 0 aromatic carbocycles. The first kappa shape index (κ1) is 26.1. The Morgan fingerprint density at radius 3 is 2.50 bits per heavy atom. The van der Waals surface area contributed by atoms with Gasteiger partial charge >= 0.3 is 11.8 Å². The monoisotopic (exact) mass is 466 g/mol. The zero-order valence-electron chi connectivity index (χ0n) is 20.6. The quantitative estimate of drug-likeness (QED) is 0.367. The predicted octanol–water partition coefficient (Wildman–Crippen LogP) is 4.73. The molecule has 1 saturated heterocycles. The molecule has 1 N–H and O–H groups in total. The first-order chi connectivity index (χ1) is 14.6. The Hall–Kier alpha value is -2.20. The average Bonchev–Trinajstić information content (AvgIpc) is 2.63. The molecule has 1 aliphatic rings. The standard InChI is InChI=1S/C22H38N4O5Si/c1-21(2,3)31-20(27)24-17-11-16(15-30-32(7,8)22(4,5)6)13-25(14-17)18-9-10-23-12-19(18)26(28)29/h9-10,12,16-17H,11,13-15H2,1-8H3,(H,24,27). The van der Waals surface area contributed by atoms with E-state index in [1.807, 2.05) is 25.7 Å². The molecule has 1 amide bonds. The van der Waals surface area contributed by atoms with Crippen LogP contribution in [-0.2, 0) is 9.16 Å². The summed E-state index contributed by atoms with van der Waals surface area (Å²) in [5.41, 5.74) is -0.153. The number of piperidine rings is 1. The first-order valence-corrected chi connectivity index (χ1v) is 14.0. The molecular weight excluding hydrogens is 428 g/mol. The molecule has 180 valence electrons. The minimum absolute atomic E-state index is 0.0468. The second kappa shape index (κ2) is 9.74. The molecule has 2 unspecified atom stereocenters. The lowest BCUT2D eigenvalue weighted by Crippen LogP contribution is -2.53. The SMILES string of the molecule is CC(C)(C)OC(=O)NC1CC(CO[Si](C)(C)C(C)(C)C)CN(c2ccncc2[N+](=O)[O-])C1. The van der Waals surface area contributed by atoms with Crippen LogP contribution in [0.25, 0.3) is 0 Å². The lowest BCUT2D eigenvalue weighted by atomic mass is 9.94. The topological polar surface area (TPSA) is 107 Å². The fraction of sp³-hybridized carbons (Fsp3) is 0.727. The van der Waals surface area contributed by atoms with Crippen LogP contribution in [0.4, 0.5) is 16.2 Å². The van der Waals surface area contributed by atoms with E-state index in [-0.39, 0.29) is 22.7 Å². The number of pyridine rings is 1. The number of carbonyl (C=O) groups is 1. The molecule has 1 aromatic heterocycles. The average molecular weight is 467 g/mol. The van der Waals surface area contributed by atoms with Gasteiger partial charge < -0.3 is 19.4 Å². The Morgan fingerprint density at radius 1 is 1.28 bits per heavy atom. The number of nitrogens with one attached hydrogen (secondary N) is 1. The summed E-state index contributed by atoms with van der Waals surface area (Å²) in [6.07, 6.45) is 3.04. The van der Waals surface area contributed by atoms with Crippen molar-refractivity contribution in [2.45, 2.75) is 77.7 Å². The van der Waals surface area contributed by atoms with Crippen molar-refractivity contribution in [1.82, 2.24) is 10.3 Å². The van der Waals surface area contributed by atoms with Crippen molar-refractivity contribution < 1.29 is 18.9 Å². The summed E-state index contributed by atoms with van der Waals surface area (Å²) in [4.78, 5) is 29.4. The Bertz CT molecular complexity index is 819. The van der Waals surface area contributed by atoms with E-state index in [4.69, 9.17) is 9.16 Å². The van der Waals surface area contributed by atoms with E-state index in [2.05, 4.69) is 44.2 Å². The van der Waals surface area contributed by atoms with Gasteiger partial charge in [0, 0.05) is 31.8 Å². The van der Waals surface area contributed by atoms with Crippen molar-refractivity contribution in [3.05, 3.63) is 28.6 Å². The molecule has 0 aliphatic carbocycles. The highest BCUT2D eigenvalue weighted by Crippen LogP contribution is 2.37. The summed E-state index contributed by atoms with van der Waals surface area (Å²) in [5.74, 6) is 0.102. The summed E-state index contributed by atoms with van der Waals surface area (Å²) < 4.78 is 11.9.